The quantitative estimate of drug-likeness (QED) is 0.543. The molecule has 0 aromatic rings. The van der Waals surface area contributed by atoms with E-state index in [9.17, 15) is 26.3 Å². The molecule has 0 aliphatic carbocycles. The van der Waals surface area contributed by atoms with Crippen LogP contribution in [0.15, 0.2) is 0 Å². The second kappa shape index (κ2) is 8.38. The topological polar surface area (TPSA) is 18.5 Å². The van der Waals surface area contributed by atoms with E-state index in [1.165, 1.54) is 13.8 Å². The molecule has 0 fully saturated rings. The predicted molar refractivity (Wildman–Crippen MR) is 70.6 cm³/mol. The van der Waals surface area contributed by atoms with Crippen molar-refractivity contribution in [2.24, 2.45) is 5.92 Å². The molecule has 0 heterocycles. The van der Waals surface area contributed by atoms with Crippen molar-refractivity contribution in [3.63, 3.8) is 0 Å². The fraction of sp³-hybridized carbons (Fsp3) is 1.00. The van der Waals surface area contributed by atoms with Gasteiger partial charge < -0.3 is 9.47 Å². The van der Waals surface area contributed by atoms with E-state index in [2.05, 4.69) is 0 Å². The standard InChI is InChI=1S/C14H24F6O2/c1-5-10(3)21-9-11(14(18,19)20)12(4,6-2)22-8-7-13(15,16)17/h10-11H,5-9H2,1-4H3. The van der Waals surface area contributed by atoms with Crippen LogP contribution in [0.2, 0.25) is 0 Å². The maximum absolute atomic E-state index is 13.2. The number of ether oxygens (including phenoxy) is 2. The number of halogens is 6. The lowest BCUT2D eigenvalue weighted by Crippen LogP contribution is -2.48. The molecule has 0 aliphatic rings. The Hall–Kier alpha value is -0.500. The van der Waals surface area contributed by atoms with Gasteiger partial charge in [0.2, 0.25) is 0 Å². The molecular weight excluding hydrogens is 314 g/mol. The molecule has 0 spiro atoms. The number of hydrogen-bond acceptors (Lipinski definition) is 2. The Balaban J connectivity index is 4.94. The Morgan fingerprint density at radius 3 is 1.91 bits per heavy atom. The maximum Gasteiger partial charge on any atom is 0.396 e. The van der Waals surface area contributed by atoms with Gasteiger partial charge in [0, 0.05) is 0 Å². The van der Waals surface area contributed by atoms with Gasteiger partial charge in [-0.25, -0.2) is 0 Å². The lowest BCUT2D eigenvalue weighted by atomic mass is 9.86. The molecule has 0 saturated carbocycles. The lowest BCUT2D eigenvalue weighted by molar-refractivity contribution is -0.255. The smallest absolute Gasteiger partial charge is 0.378 e. The molecule has 22 heavy (non-hydrogen) atoms. The second-order valence-corrected chi connectivity index (χ2v) is 5.53. The molecule has 134 valence electrons. The van der Waals surface area contributed by atoms with Gasteiger partial charge in [-0.2, -0.15) is 26.3 Å². The molecule has 0 amide bonds. The van der Waals surface area contributed by atoms with Gasteiger partial charge in [0.15, 0.2) is 0 Å². The predicted octanol–water partition coefficient (Wildman–Crippen LogP) is 5.12. The third kappa shape index (κ3) is 7.67. The molecule has 0 saturated heterocycles. The van der Waals surface area contributed by atoms with Crippen LogP contribution in [0.5, 0.6) is 0 Å². The van der Waals surface area contributed by atoms with Gasteiger partial charge in [0.25, 0.3) is 0 Å². The van der Waals surface area contributed by atoms with E-state index in [4.69, 9.17) is 9.47 Å². The molecule has 0 aliphatic heterocycles. The summed E-state index contributed by atoms with van der Waals surface area (Å²) in [4.78, 5) is 0. The van der Waals surface area contributed by atoms with Crippen molar-refractivity contribution in [3.8, 4) is 0 Å². The SMILES string of the molecule is CCC(C)OCC(C(F)(F)F)C(C)(CC)OCCC(F)(F)F. The van der Waals surface area contributed by atoms with Gasteiger partial charge in [0.1, 0.15) is 5.92 Å². The summed E-state index contributed by atoms with van der Waals surface area (Å²) in [7, 11) is 0. The van der Waals surface area contributed by atoms with E-state index in [1.807, 2.05) is 0 Å². The third-order valence-corrected chi connectivity index (χ3v) is 3.77. The van der Waals surface area contributed by atoms with Crippen LogP contribution in [0.1, 0.15) is 47.0 Å². The molecule has 0 bridgehead atoms. The van der Waals surface area contributed by atoms with Crippen LogP contribution >= 0.6 is 0 Å². The summed E-state index contributed by atoms with van der Waals surface area (Å²) in [6, 6.07) is 0. The van der Waals surface area contributed by atoms with E-state index < -0.39 is 43.5 Å². The summed E-state index contributed by atoms with van der Waals surface area (Å²) >= 11 is 0. The van der Waals surface area contributed by atoms with Gasteiger partial charge in [-0.15, -0.1) is 0 Å². The monoisotopic (exact) mass is 338 g/mol. The van der Waals surface area contributed by atoms with Crippen molar-refractivity contribution >= 4 is 0 Å². The van der Waals surface area contributed by atoms with E-state index in [0.717, 1.165) is 0 Å². The highest BCUT2D eigenvalue weighted by Gasteiger charge is 2.51. The van der Waals surface area contributed by atoms with Crippen LogP contribution in [0.4, 0.5) is 26.3 Å². The van der Waals surface area contributed by atoms with Gasteiger partial charge in [-0.05, 0) is 26.7 Å². The summed E-state index contributed by atoms with van der Waals surface area (Å²) in [5.41, 5.74) is -1.75. The minimum atomic E-state index is -4.61. The normalized spacial score (nSPS) is 18.8. The summed E-state index contributed by atoms with van der Waals surface area (Å²) in [6.45, 7) is 4.61. The summed E-state index contributed by atoms with van der Waals surface area (Å²) < 4.78 is 86.3. The zero-order valence-electron chi connectivity index (χ0n) is 13.3. The molecule has 0 N–H and O–H groups in total. The summed E-state index contributed by atoms with van der Waals surface area (Å²) in [5, 5.41) is 0. The lowest BCUT2D eigenvalue weighted by Gasteiger charge is -2.38. The van der Waals surface area contributed by atoms with Crippen molar-refractivity contribution in [1.82, 2.24) is 0 Å². The molecule has 0 aromatic carbocycles. The number of alkyl halides is 6. The fourth-order valence-corrected chi connectivity index (χ4v) is 1.84. The van der Waals surface area contributed by atoms with Crippen LogP contribution < -0.4 is 0 Å². The van der Waals surface area contributed by atoms with E-state index >= 15 is 0 Å². The molecule has 0 aromatic heterocycles. The minimum Gasteiger partial charge on any atom is -0.378 e. The summed E-state index contributed by atoms with van der Waals surface area (Å²) in [6.07, 6.45) is -10.2. The maximum atomic E-state index is 13.2. The first kappa shape index (κ1) is 21.5. The minimum absolute atomic E-state index is 0.0705. The highest BCUT2D eigenvalue weighted by atomic mass is 19.4. The molecule has 3 atom stereocenters. The van der Waals surface area contributed by atoms with Crippen molar-refractivity contribution in [2.75, 3.05) is 13.2 Å². The van der Waals surface area contributed by atoms with Crippen LogP contribution in [0.25, 0.3) is 0 Å². The van der Waals surface area contributed by atoms with Crippen molar-refractivity contribution in [1.29, 1.82) is 0 Å². The zero-order valence-corrected chi connectivity index (χ0v) is 13.3. The van der Waals surface area contributed by atoms with Crippen LogP contribution in [0, 0.1) is 5.92 Å². The first-order valence-electron chi connectivity index (χ1n) is 7.24. The van der Waals surface area contributed by atoms with Gasteiger partial charge >= 0.3 is 12.4 Å². The van der Waals surface area contributed by atoms with Crippen molar-refractivity contribution in [3.05, 3.63) is 0 Å². The van der Waals surface area contributed by atoms with Crippen molar-refractivity contribution in [2.45, 2.75) is 71.0 Å². The first-order chi connectivity index (χ1) is 9.85. The van der Waals surface area contributed by atoms with E-state index in [0.29, 0.717) is 6.42 Å². The number of rotatable bonds is 9. The average Bonchev–Trinajstić information content (AvgIpc) is 2.35. The second-order valence-electron chi connectivity index (χ2n) is 5.53. The van der Waals surface area contributed by atoms with Gasteiger partial charge in [0.05, 0.1) is 31.3 Å². The molecule has 0 rings (SSSR count). The average molecular weight is 338 g/mol. The zero-order chi connectivity index (χ0) is 17.6. The van der Waals surface area contributed by atoms with Crippen LogP contribution in [0.3, 0.4) is 0 Å². The Labute approximate surface area is 127 Å². The molecular formula is C14H24F6O2. The Morgan fingerprint density at radius 1 is 1.00 bits per heavy atom. The largest absolute Gasteiger partial charge is 0.396 e. The Kier molecular flexibility index (Phi) is 8.19. The van der Waals surface area contributed by atoms with Crippen LogP contribution in [-0.4, -0.2) is 37.3 Å². The van der Waals surface area contributed by atoms with Crippen molar-refractivity contribution < 1.29 is 35.8 Å². The van der Waals surface area contributed by atoms with E-state index in [1.54, 1.807) is 13.8 Å². The van der Waals surface area contributed by atoms with Gasteiger partial charge in [-0.1, -0.05) is 13.8 Å². The summed E-state index contributed by atoms with van der Waals surface area (Å²) in [5.74, 6) is -1.98. The van der Waals surface area contributed by atoms with E-state index in [-0.39, 0.29) is 12.5 Å². The fourth-order valence-electron chi connectivity index (χ4n) is 1.84. The molecule has 2 nitrogen and oxygen atoms in total. The molecule has 8 heteroatoms. The van der Waals surface area contributed by atoms with Gasteiger partial charge in [-0.3, -0.25) is 0 Å². The highest BCUT2D eigenvalue weighted by molar-refractivity contribution is 4.88. The molecule has 0 radical (unpaired) electrons. The van der Waals surface area contributed by atoms with Crippen LogP contribution in [-0.2, 0) is 9.47 Å². The first-order valence-corrected chi connectivity index (χ1v) is 7.24. The molecule has 3 unspecified atom stereocenters. The third-order valence-electron chi connectivity index (χ3n) is 3.77. The number of hydrogen-bond donors (Lipinski definition) is 0. The Morgan fingerprint density at radius 2 is 1.55 bits per heavy atom. The highest BCUT2D eigenvalue weighted by Crippen LogP contribution is 2.39. The Bertz CT molecular complexity index is 315.